The normalized spacial score (nSPS) is 16.8. The Morgan fingerprint density at radius 1 is 1.07 bits per heavy atom. The molecular formula is C32H34ClF3N4O3. The summed E-state index contributed by atoms with van der Waals surface area (Å²) in [5, 5.41) is 6.82. The van der Waals surface area contributed by atoms with E-state index in [2.05, 4.69) is 10.6 Å². The minimum absolute atomic E-state index is 0.00914. The molecule has 0 aromatic heterocycles. The minimum Gasteiger partial charge on any atom is -0.488 e. The number of hydrogen-bond donors (Lipinski definition) is 2. The molecule has 228 valence electrons. The van der Waals surface area contributed by atoms with Crippen LogP contribution in [0.5, 0.6) is 5.75 Å². The summed E-state index contributed by atoms with van der Waals surface area (Å²) in [6.45, 7) is 1.49. The third kappa shape index (κ3) is 7.31. The van der Waals surface area contributed by atoms with E-state index in [0.29, 0.717) is 49.3 Å². The number of ether oxygens (including phenoxy) is 1. The second-order valence-corrected chi connectivity index (χ2v) is 11.3. The van der Waals surface area contributed by atoms with Crippen LogP contribution < -0.4 is 20.3 Å². The number of piperazine rings is 1. The van der Waals surface area contributed by atoms with Crippen molar-refractivity contribution >= 4 is 29.1 Å². The van der Waals surface area contributed by atoms with E-state index >= 15 is 0 Å². The van der Waals surface area contributed by atoms with Crippen LogP contribution >= 0.6 is 11.6 Å². The van der Waals surface area contributed by atoms with Gasteiger partial charge in [0.25, 0.3) is 0 Å². The van der Waals surface area contributed by atoms with E-state index in [1.165, 1.54) is 0 Å². The summed E-state index contributed by atoms with van der Waals surface area (Å²) < 4.78 is 46.1. The van der Waals surface area contributed by atoms with Crippen LogP contribution in [0.25, 0.3) is 0 Å². The Kier molecular flexibility index (Phi) is 9.90. The first-order chi connectivity index (χ1) is 20.8. The highest BCUT2D eigenvalue weighted by molar-refractivity contribution is 6.31. The van der Waals surface area contributed by atoms with Gasteiger partial charge < -0.3 is 20.3 Å². The fourth-order valence-electron chi connectivity index (χ4n) is 5.31. The van der Waals surface area contributed by atoms with E-state index in [4.69, 9.17) is 16.3 Å². The summed E-state index contributed by atoms with van der Waals surface area (Å²) in [7, 11) is 1.87. The molecule has 5 rings (SSSR count). The van der Waals surface area contributed by atoms with E-state index < -0.39 is 29.2 Å². The molecule has 0 radical (unpaired) electrons. The van der Waals surface area contributed by atoms with Gasteiger partial charge in [0.05, 0.1) is 13.2 Å². The standard InChI is InChI=1S/C32H34ClF3N4O3/c1-37-16-21-6-11-25(33)22(15-21)19-39(23-9-10-23)32(42)28-17-38-18-29(41)40(28)24-7-4-20(5-8-24)3-2-14-43-31-27(35)13-12-26(34)30(31)36/h4-8,11-13,15,23,28,37-38H,2-3,9-10,14,16-19H2,1H3/t28-/m1/s1. The molecule has 43 heavy (non-hydrogen) atoms. The van der Waals surface area contributed by atoms with Crippen LogP contribution in [0.3, 0.4) is 0 Å². The average Bonchev–Trinajstić information content (AvgIpc) is 3.84. The van der Waals surface area contributed by atoms with Gasteiger partial charge in [0, 0.05) is 36.4 Å². The highest BCUT2D eigenvalue weighted by Gasteiger charge is 2.41. The topological polar surface area (TPSA) is 73.9 Å². The third-order valence-corrected chi connectivity index (χ3v) is 8.02. The summed E-state index contributed by atoms with van der Waals surface area (Å²) >= 11 is 6.52. The Labute approximate surface area is 253 Å². The fourth-order valence-corrected chi connectivity index (χ4v) is 5.49. The van der Waals surface area contributed by atoms with Gasteiger partial charge in [-0.15, -0.1) is 0 Å². The SMILES string of the molecule is CNCc1ccc(Cl)c(CN(C(=O)[C@H]2CNCC(=O)N2c2ccc(CCCOc3c(F)ccc(F)c3F)cc2)C2CC2)c1. The van der Waals surface area contributed by atoms with Crippen molar-refractivity contribution in [1.82, 2.24) is 15.5 Å². The lowest BCUT2D eigenvalue weighted by atomic mass is 10.1. The predicted molar refractivity (Wildman–Crippen MR) is 159 cm³/mol. The molecule has 11 heteroatoms. The van der Waals surface area contributed by atoms with E-state index in [1.54, 1.807) is 17.0 Å². The Balaban J connectivity index is 1.25. The van der Waals surface area contributed by atoms with Crippen molar-refractivity contribution in [2.24, 2.45) is 0 Å². The Hall–Kier alpha value is -3.60. The summed E-state index contributed by atoms with van der Waals surface area (Å²) in [6, 6.07) is 14.0. The zero-order valence-electron chi connectivity index (χ0n) is 23.8. The molecule has 3 aromatic rings. The number of aryl methyl sites for hydroxylation is 1. The molecule has 0 spiro atoms. The largest absolute Gasteiger partial charge is 0.488 e. The first kappa shape index (κ1) is 30.8. The van der Waals surface area contributed by atoms with Gasteiger partial charge in [-0.05, 0) is 79.8 Å². The maximum Gasteiger partial charge on any atom is 0.247 e. The van der Waals surface area contributed by atoms with E-state index in [9.17, 15) is 22.8 Å². The highest BCUT2D eigenvalue weighted by atomic mass is 35.5. The van der Waals surface area contributed by atoms with Gasteiger partial charge >= 0.3 is 0 Å². The molecule has 1 saturated heterocycles. The molecule has 2 fully saturated rings. The molecule has 1 saturated carbocycles. The number of benzene rings is 3. The molecule has 1 aliphatic heterocycles. The van der Waals surface area contributed by atoms with Gasteiger partial charge in [-0.2, -0.15) is 4.39 Å². The first-order valence-electron chi connectivity index (χ1n) is 14.4. The Bertz CT molecular complexity index is 1470. The molecule has 1 atom stereocenters. The quantitative estimate of drug-likeness (QED) is 0.222. The number of hydrogen-bond acceptors (Lipinski definition) is 5. The molecule has 2 aliphatic rings. The number of amides is 2. The van der Waals surface area contributed by atoms with Gasteiger partial charge in [-0.3, -0.25) is 14.5 Å². The maximum absolute atomic E-state index is 14.0. The van der Waals surface area contributed by atoms with E-state index in [1.807, 2.05) is 42.3 Å². The summed E-state index contributed by atoms with van der Waals surface area (Å²) in [5.41, 5.74) is 3.46. The lowest BCUT2D eigenvalue weighted by Gasteiger charge is -2.38. The number of halogens is 4. The zero-order chi connectivity index (χ0) is 30.5. The number of carbonyl (C=O) groups excluding carboxylic acids is 2. The monoisotopic (exact) mass is 614 g/mol. The van der Waals surface area contributed by atoms with E-state index in [0.717, 1.165) is 35.6 Å². The van der Waals surface area contributed by atoms with Crippen LogP contribution in [-0.4, -0.2) is 55.5 Å². The maximum atomic E-state index is 14.0. The fraction of sp³-hybridized carbons (Fsp3) is 0.375. The van der Waals surface area contributed by atoms with Crippen molar-refractivity contribution in [3.63, 3.8) is 0 Å². The van der Waals surface area contributed by atoms with Crippen molar-refractivity contribution < 1.29 is 27.5 Å². The van der Waals surface area contributed by atoms with Crippen LogP contribution in [0.15, 0.2) is 54.6 Å². The Morgan fingerprint density at radius 3 is 2.51 bits per heavy atom. The van der Waals surface area contributed by atoms with Crippen molar-refractivity contribution in [1.29, 1.82) is 0 Å². The zero-order valence-corrected chi connectivity index (χ0v) is 24.6. The molecule has 3 aromatic carbocycles. The van der Waals surface area contributed by atoms with Gasteiger partial charge in [-0.1, -0.05) is 35.9 Å². The number of nitrogens with one attached hydrogen (secondary N) is 2. The molecular weight excluding hydrogens is 581 g/mol. The number of anilines is 1. The lowest BCUT2D eigenvalue weighted by Crippen LogP contribution is -2.61. The van der Waals surface area contributed by atoms with Crippen LogP contribution in [0.2, 0.25) is 5.02 Å². The molecule has 1 heterocycles. The minimum atomic E-state index is -1.35. The van der Waals surface area contributed by atoms with Gasteiger partial charge in [0.15, 0.2) is 17.4 Å². The number of carbonyl (C=O) groups is 2. The summed E-state index contributed by atoms with van der Waals surface area (Å²) in [6.07, 6.45) is 2.77. The van der Waals surface area contributed by atoms with Crippen molar-refractivity contribution in [3.05, 3.63) is 93.8 Å². The molecule has 0 unspecified atom stereocenters. The van der Waals surface area contributed by atoms with Gasteiger partial charge in [0.2, 0.25) is 17.6 Å². The van der Waals surface area contributed by atoms with Crippen LogP contribution in [-0.2, 0) is 29.1 Å². The lowest BCUT2D eigenvalue weighted by molar-refractivity contribution is -0.136. The third-order valence-electron chi connectivity index (χ3n) is 7.65. The number of nitrogens with zero attached hydrogens (tertiary/aromatic N) is 2. The van der Waals surface area contributed by atoms with Gasteiger partial charge in [0.1, 0.15) is 6.04 Å². The first-order valence-corrected chi connectivity index (χ1v) is 14.7. The molecule has 7 nitrogen and oxygen atoms in total. The molecule has 1 aliphatic carbocycles. The summed E-state index contributed by atoms with van der Waals surface area (Å²) in [4.78, 5) is 30.5. The van der Waals surface area contributed by atoms with Crippen molar-refractivity contribution in [2.45, 2.75) is 50.9 Å². The smallest absolute Gasteiger partial charge is 0.247 e. The van der Waals surface area contributed by atoms with E-state index in [-0.39, 0.29) is 31.0 Å². The number of rotatable bonds is 12. The van der Waals surface area contributed by atoms with Gasteiger partial charge in [-0.25, -0.2) is 8.78 Å². The Morgan fingerprint density at radius 2 is 1.79 bits per heavy atom. The second-order valence-electron chi connectivity index (χ2n) is 10.9. The van der Waals surface area contributed by atoms with Crippen molar-refractivity contribution in [3.8, 4) is 5.75 Å². The van der Waals surface area contributed by atoms with Crippen LogP contribution in [0.4, 0.5) is 18.9 Å². The molecule has 2 amide bonds. The second kappa shape index (κ2) is 13.8. The highest BCUT2D eigenvalue weighted by Crippen LogP contribution is 2.32. The van der Waals surface area contributed by atoms with Crippen molar-refractivity contribution in [2.75, 3.05) is 31.6 Å². The van der Waals surface area contributed by atoms with Crippen LogP contribution in [0, 0.1) is 17.5 Å². The molecule has 2 N–H and O–H groups in total. The molecule has 0 bridgehead atoms. The van der Waals surface area contributed by atoms with Crippen LogP contribution in [0.1, 0.15) is 36.0 Å². The predicted octanol–water partition coefficient (Wildman–Crippen LogP) is 4.98. The summed E-state index contributed by atoms with van der Waals surface area (Å²) in [5.74, 6) is -4.53. The average molecular weight is 615 g/mol.